The lowest BCUT2D eigenvalue weighted by Gasteiger charge is -2.47. The van der Waals surface area contributed by atoms with Gasteiger partial charge in [-0.15, -0.1) is 0 Å². The van der Waals surface area contributed by atoms with E-state index in [0.29, 0.717) is 13.0 Å². The normalized spacial score (nSPS) is 29.9. The molecule has 0 aromatic rings. The van der Waals surface area contributed by atoms with E-state index in [9.17, 15) is 9.59 Å². The molecule has 0 saturated carbocycles. The van der Waals surface area contributed by atoms with Crippen molar-refractivity contribution in [3.05, 3.63) is 0 Å². The lowest BCUT2D eigenvalue weighted by atomic mass is 9.74. The molecule has 2 heterocycles. The van der Waals surface area contributed by atoms with Crippen LogP contribution in [0.3, 0.4) is 0 Å². The average molecular weight is 210 g/mol. The summed E-state index contributed by atoms with van der Waals surface area (Å²) in [4.78, 5) is 25.1. The van der Waals surface area contributed by atoms with E-state index in [-0.39, 0.29) is 17.2 Å². The molecule has 0 aromatic heterocycles. The first kappa shape index (κ1) is 10.5. The van der Waals surface area contributed by atoms with Crippen molar-refractivity contribution in [2.45, 2.75) is 32.6 Å². The first-order valence-electron chi connectivity index (χ1n) is 5.74. The third-order valence-corrected chi connectivity index (χ3v) is 3.46. The number of hydrogen-bond donors (Lipinski definition) is 1. The highest BCUT2D eigenvalue weighted by molar-refractivity contribution is 5.90. The smallest absolute Gasteiger partial charge is 0.229 e. The van der Waals surface area contributed by atoms with Crippen LogP contribution in [0.1, 0.15) is 32.6 Å². The molecule has 1 atom stereocenters. The highest BCUT2D eigenvalue weighted by Crippen LogP contribution is 2.34. The zero-order valence-corrected chi connectivity index (χ0v) is 9.21. The number of β-lactam (4-membered cyclic amide) rings is 1. The van der Waals surface area contributed by atoms with Crippen LogP contribution in [0.5, 0.6) is 0 Å². The second-order valence-corrected chi connectivity index (χ2v) is 4.63. The molecule has 0 aromatic carbocycles. The molecule has 15 heavy (non-hydrogen) atoms. The quantitative estimate of drug-likeness (QED) is 0.676. The van der Waals surface area contributed by atoms with Gasteiger partial charge in [-0.25, -0.2) is 0 Å². The van der Waals surface area contributed by atoms with E-state index in [1.165, 1.54) is 0 Å². The van der Waals surface area contributed by atoms with E-state index < -0.39 is 0 Å². The number of amides is 2. The molecule has 2 aliphatic heterocycles. The Morgan fingerprint density at radius 1 is 1.60 bits per heavy atom. The Morgan fingerprint density at radius 2 is 2.40 bits per heavy atom. The molecule has 0 bridgehead atoms. The molecule has 2 saturated heterocycles. The van der Waals surface area contributed by atoms with Gasteiger partial charge in [-0.2, -0.15) is 0 Å². The van der Waals surface area contributed by atoms with Gasteiger partial charge in [0.2, 0.25) is 11.8 Å². The van der Waals surface area contributed by atoms with Gasteiger partial charge in [0.1, 0.15) is 0 Å². The van der Waals surface area contributed by atoms with Gasteiger partial charge in [-0.05, 0) is 19.3 Å². The summed E-state index contributed by atoms with van der Waals surface area (Å²) < 4.78 is 0. The largest absolute Gasteiger partial charge is 0.354 e. The van der Waals surface area contributed by atoms with Crippen molar-refractivity contribution in [1.29, 1.82) is 0 Å². The van der Waals surface area contributed by atoms with Crippen molar-refractivity contribution in [3.63, 3.8) is 0 Å². The van der Waals surface area contributed by atoms with Crippen molar-refractivity contribution < 1.29 is 9.59 Å². The van der Waals surface area contributed by atoms with Crippen LogP contribution in [-0.4, -0.2) is 36.3 Å². The number of nitrogens with zero attached hydrogens (tertiary/aromatic N) is 1. The summed E-state index contributed by atoms with van der Waals surface area (Å²) in [5, 5.41) is 2.78. The number of carbonyl (C=O) groups is 2. The lowest BCUT2D eigenvalue weighted by molar-refractivity contribution is -0.149. The van der Waals surface area contributed by atoms with Gasteiger partial charge in [0.15, 0.2) is 0 Å². The summed E-state index contributed by atoms with van der Waals surface area (Å²) in [6.45, 7) is 4.22. The summed E-state index contributed by atoms with van der Waals surface area (Å²) >= 11 is 0. The van der Waals surface area contributed by atoms with Crippen LogP contribution in [0.4, 0.5) is 0 Å². The van der Waals surface area contributed by atoms with Crippen LogP contribution in [0.25, 0.3) is 0 Å². The van der Waals surface area contributed by atoms with Gasteiger partial charge in [0, 0.05) is 26.1 Å². The monoisotopic (exact) mass is 210 g/mol. The fourth-order valence-electron chi connectivity index (χ4n) is 2.46. The molecule has 2 rings (SSSR count). The zero-order chi connectivity index (χ0) is 10.9. The Morgan fingerprint density at radius 3 is 2.93 bits per heavy atom. The van der Waals surface area contributed by atoms with Crippen LogP contribution < -0.4 is 5.32 Å². The molecule has 2 aliphatic rings. The van der Waals surface area contributed by atoms with Crippen LogP contribution in [-0.2, 0) is 9.59 Å². The fourth-order valence-corrected chi connectivity index (χ4v) is 2.46. The minimum Gasteiger partial charge on any atom is -0.354 e. The summed E-state index contributed by atoms with van der Waals surface area (Å²) in [6.07, 6.45) is 3.39. The Labute approximate surface area is 90.0 Å². The number of carbonyl (C=O) groups excluding carboxylic acids is 2. The standard InChI is InChI=1S/C11H18N2O2/c1-2-4-9(14)13-6-3-5-11(8-13)7-12-10(11)15/h2-8H2,1H3,(H,12,15). The predicted octanol–water partition coefficient (Wildman–Crippen LogP) is 0.525. The van der Waals surface area contributed by atoms with Gasteiger partial charge < -0.3 is 10.2 Å². The number of piperidine rings is 1. The van der Waals surface area contributed by atoms with Gasteiger partial charge in [0.05, 0.1) is 5.41 Å². The maximum Gasteiger partial charge on any atom is 0.229 e. The number of nitrogens with one attached hydrogen (secondary N) is 1. The Balaban J connectivity index is 1.98. The SMILES string of the molecule is CCCC(=O)N1CCCC2(CNC2=O)C1. The summed E-state index contributed by atoms with van der Waals surface area (Å²) in [6, 6.07) is 0. The first-order valence-corrected chi connectivity index (χ1v) is 5.74. The number of hydrogen-bond acceptors (Lipinski definition) is 2. The second-order valence-electron chi connectivity index (χ2n) is 4.63. The van der Waals surface area contributed by atoms with Crippen LogP contribution in [0, 0.1) is 5.41 Å². The molecule has 0 aliphatic carbocycles. The minimum atomic E-state index is -0.234. The van der Waals surface area contributed by atoms with Crippen molar-refractivity contribution in [2.24, 2.45) is 5.41 Å². The fraction of sp³-hybridized carbons (Fsp3) is 0.818. The zero-order valence-electron chi connectivity index (χ0n) is 9.21. The molecule has 84 valence electrons. The Hall–Kier alpha value is -1.06. The van der Waals surface area contributed by atoms with Crippen LogP contribution in [0.2, 0.25) is 0 Å². The average Bonchev–Trinajstić information content (AvgIpc) is 2.27. The minimum absolute atomic E-state index is 0.136. The molecule has 1 N–H and O–H groups in total. The molecule has 1 spiro atoms. The molecule has 2 fully saturated rings. The maximum atomic E-state index is 11.7. The number of likely N-dealkylation sites (tertiary alicyclic amines) is 1. The van der Waals surface area contributed by atoms with Crippen molar-refractivity contribution >= 4 is 11.8 Å². The first-order chi connectivity index (χ1) is 7.18. The van der Waals surface area contributed by atoms with Crippen molar-refractivity contribution in [2.75, 3.05) is 19.6 Å². The molecule has 1 unspecified atom stereocenters. The predicted molar refractivity (Wildman–Crippen MR) is 56.2 cm³/mol. The summed E-state index contributed by atoms with van der Waals surface area (Å²) in [5.41, 5.74) is -0.234. The summed E-state index contributed by atoms with van der Waals surface area (Å²) in [7, 11) is 0. The van der Waals surface area contributed by atoms with E-state index in [1.54, 1.807) is 0 Å². The van der Waals surface area contributed by atoms with Gasteiger partial charge >= 0.3 is 0 Å². The van der Waals surface area contributed by atoms with Crippen molar-refractivity contribution in [1.82, 2.24) is 10.2 Å². The lowest BCUT2D eigenvalue weighted by Crippen LogP contribution is -2.65. The van der Waals surface area contributed by atoms with E-state index in [4.69, 9.17) is 0 Å². The third kappa shape index (κ3) is 1.73. The third-order valence-electron chi connectivity index (χ3n) is 3.46. The van der Waals surface area contributed by atoms with Crippen molar-refractivity contribution in [3.8, 4) is 0 Å². The van der Waals surface area contributed by atoms with E-state index in [2.05, 4.69) is 5.32 Å². The maximum absolute atomic E-state index is 11.7. The van der Waals surface area contributed by atoms with Gasteiger partial charge in [0.25, 0.3) is 0 Å². The molecule has 4 nitrogen and oxygen atoms in total. The molecular weight excluding hydrogens is 192 g/mol. The topological polar surface area (TPSA) is 49.4 Å². The highest BCUT2D eigenvalue weighted by Gasteiger charge is 2.49. The van der Waals surface area contributed by atoms with Crippen LogP contribution >= 0.6 is 0 Å². The molecule has 0 radical (unpaired) electrons. The van der Waals surface area contributed by atoms with Gasteiger partial charge in [-0.3, -0.25) is 9.59 Å². The van der Waals surface area contributed by atoms with Gasteiger partial charge in [-0.1, -0.05) is 6.92 Å². The Bertz CT molecular complexity index is 290. The molecular formula is C11H18N2O2. The Kier molecular flexibility index (Phi) is 2.67. The number of rotatable bonds is 2. The highest BCUT2D eigenvalue weighted by atomic mass is 16.2. The van der Waals surface area contributed by atoms with E-state index in [0.717, 1.165) is 32.4 Å². The molecule has 2 amide bonds. The molecule has 4 heteroatoms. The van der Waals surface area contributed by atoms with Crippen LogP contribution in [0.15, 0.2) is 0 Å². The second kappa shape index (κ2) is 3.83. The summed E-state index contributed by atoms with van der Waals surface area (Å²) in [5.74, 6) is 0.341. The van der Waals surface area contributed by atoms with E-state index >= 15 is 0 Å². The van der Waals surface area contributed by atoms with E-state index in [1.807, 2.05) is 11.8 Å².